The first kappa shape index (κ1) is 19.0. The maximum Gasteiger partial charge on any atom is 0.277 e. The number of amides is 1. The van der Waals surface area contributed by atoms with Crippen LogP contribution >= 0.6 is 0 Å². The van der Waals surface area contributed by atoms with Gasteiger partial charge in [-0.25, -0.2) is 4.98 Å². The van der Waals surface area contributed by atoms with Crippen LogP contribution in [-0.2, 0) is 0 Å². The van der Waals surface area contributed by atoms with Gasteiger partial charge in [-0.3, -0.25) is 9.36 Å². The Bertz CT molecular complexity index is 1220. The number of nitrogens with zero attached hydrogens (tertiary/aromatic N) is 5. The average Bonchev–Trinajstić information content (AvgIpc) is 3.42. The molecule has 3 aromatic heterocycles. The molecule has 156 valence electrons. The summed E-state index contributed by atoms with van der Waals surface area (Å²) in [5, 5.41) is 15.0. The minimum Gasteiger partial charge on any atom is -0.438 e. The molecule has 9 heteroatoms. The molecule has 1 aliphatic rings. The van der Waals surface area contributed by atoms with Crippen molar-refractivity contribution < 1.29 is 14.1 Å². The van der Waals surface area contributed by atoms with Gasteiger partial charge in [0, 0.05) is 29.4 Å². The number of benzene rings is 1. The van der Waals surface area contributed by atoms with E-state index in [1.165, 1.54) is 0 Å². The van der Waals surface area contributed by atoms with Gasteiger partial charge in [0.1, 0.15) is 17.8 Å². The fourth-order valence-corrected chi connectivity index (χ4v) is 3.10. The van der Waals surface area contributed by atoms with E-state index in [1.54, 1.807) is 42.7 Å². The molecule has 1 amide bonds. The Kier molecular flexibility index (Phi) is 4.70. The van der Waals surface area contributed by atoms with E-state index in [0.717, 1.165) is 30.0 Å². The van der Waals surface area contributed by atoms with Crippen LogP contribution < -0.4 is 10.1 Å². The van der Waals surface area contributed by atoms with Crippen LogP contribution in [0.25, 0.3) is 5.82 Å². The highest BCUT2D eigenvalue weighted by Crippen LogP contribution is 2.40. The molecule has 1 aromatic carbocycles. The molecule has 0 bridgehead atoms. The molecule has 1 fully saturated rings. The number of carbonyl (C=O) groups excluding carboxylic acids is 1. The standard InChI is InChI=1S/C22H20N6O3/c1-13-14(2)28(12-23-13)20-9-10-21(26-25-20)30-17-7-5-16(6-8-17)24-22(29)18-11-19(31-27-18)15-3-4-15/h5-12,15H,3-4H2,1-2H3,(H,24,29). The summed E-state index contributed by atoms with van der Waals surface area (Å²) in [5.41, 5.74) is 2.86. The number of aryl methyl sites for hydroxylation is 1. The zero-order valence-corrected chi connectivity index (χ0v) is 17.1. The molecule has 9 nitrogen and oxygen atoms in total. The average molecular weight is 416 g/mol. The third-order valence-electron chi connectivity index (χ3n) is 5.20. The van der Waals surface area contributed by atoms with Crippen molar-refractivity contribution in [1.82, 2.24) is 24.9 Å². The largest absolute Gasteiger partial charge is 0.438 e. The lowest BCUT2D eigenvalue weighted by molar-refractivity contribution is 0.101. The molecule has 0 spiro atoms. The lowest BCUT2D eigenvalue weighted by atomic mass is 10.2. The molecule has 0 aliphatic heterocycles. The fourth-order valence-electron chi connectivity index (χ4n) is 3.10. The molecule has 0 radical (unpaired) electrons. The second kappa shape index (κ2) is 7.67. The van der Waals surface area contributed by atoms with E-state index in [2.05, 4.69) is 25.7 Å². The second-order valence-corrected chi connectivity index (χ2v) is 7.48. The van der Waals surface area contributed by atoms with E-state index in [1.807, 2.05) is 24.5 Å². The zero-order chi connectivity index (χ0) is 21.4. The molecular weight excluding hydrogens is 396 g/mol. The number of imidazole rings is 1. The number of rotatable bonds is 6. The van der Waals surface area contributed by atoms with Crippen LogP contribution in [0.1, 0.15) is 46.4 Å². The quantitative estimate of drug-likeness (QED) is 0.502. The first-order valence-electron chi connectivity index (χ1n) is 9.97. The molecule has 1 aliphatic carbocycles. The Balaban J connectivity index is 1.21. The van der Waals surface area contributed by atoms with Crippen molar-refractivity contribution in [3.8, 4) is 17.4 Å². The number of carbonyl (C=O) groups is 1. The topological polar surface area (TPSA) is 108 Å². The van der Waals surface area contributed by atoms with Crippen molar-refractivity contribution in [2.24, 2.45) is 0 Å². The Labute approximate surface area is 178 Å². The zero-order valence-electron chi connectivity index (χ0n) is 17.1. The summed E-state index contributed by atoms with van der Waals surface area (Å²) in [6, 6.07) is 12.2. The summed E-state index contributed by atoms with van der Waals surface area (Å²) in [6.45, 7) is 3.92. The Morgan fingerprint density at radius 3 is 2.58 bits per heavy atom. The number of hydrogen-bond donors (Lipinski definition) is 1. The number of nitrogens with one attached hydrogen (secondary N) is 1. The molecule has 0 unspecified atom stereocenters. The predicted octanol–water partition coefficient (Wildman–Crippen LogP) is 4.19. The van der Waals surface area contributed by atoms with Crippen LogP contribution in [0.3, 0.4) is 0 Å². The van der Waals surface area contributed by atoms with Gasteiger partial charge in [-0.1, -0.05) is 5.16 Å². The molecule has 31 heavy (non-hydrogen) atoms. The summed E-state index contributed by atoms with van der Waals surface area (Å²) in [4.78, 5) is 16.6. The lowest BCUT2D eigenvalue weighted by Crippen LogP contribution is -2.12. The van der Waals surface area contributed by atoms with E-state index in [9.17, 15) is 4.79 Å². The van der Waals surface area contributed by atoms with E-state index in [-0.39, 0.29) is 11.6 Å². The summed E-state index contributed by atoms with van der Waals surface area (Å²) in [7, 11) is 0. The molecule has 1 saturated carbocycles. The molecule has 3 heterocycles. The minimum atomic E-state index is -0.309. The van der Waals surface area contributed by atoms with Crippen molar-refractivity contribution in [1.29, 1.82) is 0 Å². The number of aromatic nitrogens is 5. The normalized spacial score (nSPS) is 13.2. The third kappa shape index (κ3) is 4.02. The lowest BCUT2D eigenvalue weighted by Gasteiger charge is -2.08. The first-order valence-corrected chi connectivity index (χ1v) is 9.97. The monoisotopic (exact) mass is 416 g/mol. The molecular formula is C22H20N6O3. The van der Waals surface area contributed by atoms with Gasteiger partial charge < -0.3 is 14.6 Å². The highest BCUT2D eigenvalue weighted by Gasteiger charge is 2.28. The van der Waals surface area contributed by atoms with Crippen molar-refractivity contribution in [3.63, 3.8) is 0 Å². The van der Waals surface area contributed by atoms with E-state index in [4.69, 9.17) is 9.26 Å². The van der Waals surface area contributed by atoms with Gasteiger partial charge >= 0.3 is 0 Å². The van der Waals surface area contributed by atoms with E-state index in [0.29, 0.717) is 29.1 Å². The van der Waals surface area contributed by atoms with Crippen molar-refractivity contribution >= 4 is 11.6 Å². The molecule has 0 saturated heterocycles. The van der Waals surface area contributed by atoms with Crippen LogP contribution in [0.2, 0.25) is 0 Å². The number of hydrogen-bond acceptors (Lipinski definition) is 7. The number of ether oxygens (including phenoxy) is 1. The van der Waals surface area contributed by atoms with Crippen LogP contribution in [0.5, 0.6) is 11.6 Å². The maximum absolute atomic E-state index is 12.3. The smallest absolute Gasteiger partial charge is 0.277 e. The van der Waals surface area contributed by atoms with Crippen molar-refractivity contribution in [2.45, 2.75) is 32.6 Å². The van der Waals surface area contributed by atoms with E-state index < -0.39 is 0 Å². The molecule has 1 N–H and O–H groups in total. The Hall–Kier alpha value is -4.01. The van der Waals surface area contributed by atoms with E-state index >= 15 is 0 Å². The molecule has 4 aromatic rings. The van der Waals surface area contributed by atoms with Gasteiger partial charge in [-0.15, -0.1) is 10.2 Å². The summed E-state index contributed by atoms with van der Waals surface area (Å²) in [5.74, 6) is 2.49. The minimum absolute atomic E-state index is 0.279. The third-order valence-corrected chi connectivity index (χ3v) is 5.20. The SMILES string of the molecule is Cc1ncn(-c2ccc(Oc3ccc(NC(=O)c4cc(C5CC5)on4)cc3)nn2)c1C. The van der Waals surface area contributed by atoms with Gasteiger partial charge in [0.25, 0.3) is 5.91 Å². The molecule has 0 atom stereocenters. The van der Waals surface area contributed by atoms with Crippen LogP contribution in [-0.4, -0.2) is 30.8 Å². The maximum atomic E-state index is 12.3. The summed E-state index contributed by atoms with van der Waals surface area (Å²) >= 11 is 0. The predicted molar refractivity (Wildman–Crippen MR) is 112 cm³/mol. The highest BCUT2D eigenvalue weighted by atomic mass is 16.5. The van der Waals surface area contributed by atoms with Gasteiger partial charge in [0.05, 0.1) is 5.69 Å². The van der Waals surface area contributed by atoms with Gasteiger partial charge in [-0.05, 0) is 57.0 Å². The highest BCUT2D eigenvalue weighted by molar-refractivity contribution is 6.02. The van der Waals surface area contributed by atoms with Gasteiger partial charge in [0.15, 0.2) is 11.5 Å². The van der Waals surface area contributed by atoms with Gasteiger partial charge in [-0.2, -0.15) is 0 Å². The number of anilines is 1. The second-order valence-electron chi connectivity index (χ2n) is 7.48. The van der Waals surface area contributed by atoms with Gasteiger partial charge in [0.2, 0.25) is 5.88 Å². The van der Waals surface area contributed by atoms with Crippen molar-refractivity contribution in [2.75, 3.05) is 5.32 Å². The summed E-state index contributed by atoms with van der Waals surface area (Å²) in [6.07, 6.45) is 3.90. The van der Waals surface area contributed by atoms with Crippen molar-refractivity contribution in [3.05, 3.63) is 71.6 Å². The van der Waals surface area contributed by atoms with Crippen LogP contribution in [0.15, 0.2) is 53.3 Å². The summed E-state index contributed by atoms with van der Waals surface area (Å²) < 4.78 is 12.8. The van der Waals surface area contributed by atoms with Crippen LogP contribution in [0.4, 0.5) is 5.69 Å². The molecule has 5 rings (SSSR count). The fraction of sp³-hybridized carbons (Fsp3) is 0.227. The van der Waals surface area contributed by atoms with Crippen LogP contribution in [0, 0.1) is 13.8 Å². The Morgan fingerprint density at radius 1 is 1.13 bits per heavy atom. The first-order chi connectivity index (χ1) is 15.1. The Morgan fingerprint density at radius 2 is 1.94 bits per heavy atom.